The second-order valence-electron chi connectivity index (χ2n) is 8.96. The first kappa shape index (κ1) is 25.3. The van der Waals surface area contributed by atoms with Gasteiger partial charge in [-0.1, -0.05) is 36.4 Å². The number of halogens is 2. The minimum absolute atomic E-state index is 0.0402. The van der Waals surface area contributed by atoms with Gasteiger partial charge in [0.1, 0.15) is 23.5 Å². The van der Waals surface area contributed by atoms with E-state index in [4.69, 9.17) is 9.47 Å². The summed E-state index contributed by atoms with van der Waals surface area (Å²) in [6.07, 6.45) is -0.872. The van der Waals surface area contributed by atoms with Gasteiger partial charge < -0.3 is 24.7 Å². The Bertz CT molecular complexity index is 1540. The average Bonchev–Trinajstić information content (AvgIpc) is 3.26. The van der Waals surface area contributed by atoms with E-state index in [9.17, 15) is 23.0 Å². The summed E-state index contributed by atoms with van der Waals surface area (Å²) in [5, 5.41) is 19.2. The molecule has 1 aliphatic heterocycles. The molecule has 0 bridgehead atoms. The predicted molar refractivity (Wildman–Crippen MR) is 132 cm³/mol. The summed E-state index contributed by atoms with van der Waals surface area (Å²) in [4.78, 5) is 7.09. The highest BCUT2D eigenvalue weighted by atomic mass is 32.2. The fourth-order valence-corrected chi connectivity index (χ4v) is 4.98. The van der Waals surface area contributed by atoms with Gasteiger partial charge in [0.05, 0.1) is 35.3 Å². The van der Waals surface area contributed by atoms with E-state index in [-0.39, 0.29) is 47.1 Å². The molecule has 0 aliphatic carbocycles. The van der Waals surface area contributed by atoms with Gasteiger partial charge in [-0.3, -0.25) is 0 Å². The third-order valence-corrected chi connectivity index (χ3v) is 7.45. The fourth-order valence-electron chi connectivity index (χ4n) is 4.35. The van der Waals surface area contributed by atoms with Crippen molar-refractivity contribution in [2.75, 3.05) is 19.5 Å². The van der Waals surface area contributed by atoms with Gasteiger partial charge in [-0.2, -0.15) is 4.98 Å². The molecule has 11 heteroatoms. The monoisotopic (exact) mass is 530 g/mol. The number of ether oxygens (including phenoxy) is 2. The Hall–Kier alpha value is -3.38. The molecule has 2 heterocycles. The van der Waals surface area contributed by atoms with Gasteiger partial charge in [0, 0.05) is 18.7 Å². The number of sulfone groups is 1. The molecule has 8 nitrogen and oxygen atoms in total. The molecule has 1 aromatic heterocycles. The van der Waals surface area contributed by atoms with Crippen molar-refractivity contribution >= 4 is 20.9 Å². The van der Waals surface area contributed by atoms with Crippen LogP contribution in [-0.2, 0) is 14.6 Å². The van der Waals surface area contributed by atoms with Crippen LogP contribution in [0.4, 0.5) is 8.78 Å². The molecule has 0 radical (unpaired) electrons. The lowest BCUT2D eigenvalue weighted by molar-refractivity contribution is -0.131. The third-order valence-electron chi connectivity index (χ3n) is 6.32. The lowest BCUT2D eigenvalue weighted by Crippen LogP contribution is -2.45. The summed E-state index contributed by atoms with van der Waals surface area (Å²) in [6, 6.07) is 14.0. The first-order valence-electron chi connectivity index (χ1n) is 11.5. The number of nitrogens with one attached hydrogen (secondary N) is 1. The number of hydrogen-bond donors (Lipinski definition) is 3. The van der Waals surface area contributed by atoms with E-state index in [0.717, 1.165) is 23.4 Å². The molecule has 4 aromatic rings. The Morgan fingerprint density at radius 2 is 1.70 bits per heavy atom. The van der Waals surface area contributed by atoms with Gasteiger partial charge in [0.25, 0.3) is 6.01 Å². The number of benzene rings is 3. The molecule has 0 amide bonds. The van der Waals surface area contributed by atoms with Crippen LogP contribution in [0.5, 0.6) is 6.01 Å². The molecule has 37 heavy (non-hydrogen) atoms. The second-order valence-corrected chi connectivity index (χ2v) is 11.0. The number of H-pyrrole nitrogens is 1. The van der Waals surface area contributed by atoms with Crippen molar-refractivity contribution < 1.29 is 36.9 Å². The van der Waals surface area contributed by atoms with Crippen LogP contribution < -0.4 is 4.74 Å². The standard InChI is InChI=1S/C26H24F2N2O6S/c1-37(33,34)18-8-6-15(7-9-18)14-2-4-16(5-3-14)23-19(27)11-20-25(24(23)28)30-26(29-20)36-17-10-21(32)22(12-31)35-13-17/h2-9,11,17,21-22,31-32H,10,12-13H2,1H3,(H,29,30)/t17-,21+,22-/m1/s1. The summed E-state index contributed by atoms with van der Waals surface area (Å²) in [6.45, 7) is -0.215. The normalized spacial score (nSPS) is 20.3. The summed E-state index contributed by atoms with van der Waals surface area (Å²) >= 11 is 0. The largest absolute Gasteiger partial charge is 0.459 e. The van der Waals surface area contributed by atoms with Gasteiger partial charge in [0.2, 0.25) is 0 Å². The molecule has 1 aliphatic rings. The first-order valence-corrected chi connectivity index (χ1v) is 13.4. The molecule has 0 unspecified atom stereocenters. The smallest absolute Gasteiger partial charge is 0.295 e. The first-order chi connectivity index (χ1) is 17.6. The van der Waals surface area contributed by atoms with Crippen LogP contribution in [0.2, 0.25) is 0 Å². The number of fused-ring (bicyclic) bond motifs is 1. The van der Waals surface area contributed by atoms with E-state index in [0.29, 0.717) is 5.56 Å². The van der Waals surface area contributed by atoms with Crippen LogP contribution in [0.3, 0.4) is 0 Å². The highest BCUT2D eigenvalue weighted by Crippen LogP contribution is 2.34. The number of aromatic nitrogens is 2. The Morgan fingerprint density at radius 3 is 2.30 bits per heavy atom. The van der Waals surface area contributed by atoms with Crippen molar-refractivity contribution in [1.29, 1.82) is 0 Å². The van der Waals surface area contributed by atoms with Crippen molar-refractivity contribution in [3.63, 3.8) is 0 Å². The van der Waals surface area contributed by atoms with E-state index >= 15 is 4.39 Å². The SMILES string of the molecule is CS(=O)(=O)c1ccc(-c2ccc(-c3c(F)cc4[nH]c(O[C@H]5CO[C@H](CO)[C@@H](O)C5)nc4c3F)cc2)cc1. The zero-order valence-electron chi connectivity index (χ0n) is 19.7. The van der Waals surface area contributed by atoms with E-state index in [2.05, 4.69) is 9.97 Å². The van der Waals surface area contributed by atoms with Crippen molar-refractivity contribution in [2.24, 2.45) is 0 Å². The van der Waals surface area contributed by atoms with Crippen molar-refractivity contribution in [3.8, 4) is 28.3 Å². The van der Waals surface area contributed by atoms with Crippen molar-refractivity contribution in [2.45, 2.75) is 29.6 Å². The zero-order chi connectivity index (χ0) is 26.3. The second kappa shape index (κ2) is 9.82. The Morgan fingerprint density at radius 1 is 1.08 bits per heavy atom. The topological polar surface area (TPSA) is 122 Å². The number of rotatable bonds is 6. The van der Waals surface area contributed by atoms with Gasteiger partial charge in [-0.15, -0.1) is 0 Å². The molecule has 0 spiro atoms. The predicted octanol–water partition coefficient (Wildman–Crippen LogP) is 3.47. The molecule has 1 fully saturated rings. The van der Waals surface area contributed by atoms with E-state index in [1.807, 2.05) is 0 Å². The number of aliphatic hydroxyl groups excluding tert-OH is 2. The maximum atomic E-state index is 15.4. The molecular formula is C26H24F2N2O6S. The van der Waals surface area contributed by atoms with Crippen LogP contribution >= 0.6 is 0 Å². The maximum absolute atomic E-state index is 15.4. The molecule has 194 valence electrons. The maximum Gasteiger partial charge on any atom is 0.295 e. The summed E-state index contributed by atoms with van der Waals surface area (Å²) < 4.78 is 64.8. The lowest BCUT2D eigenvalue weighted by Gasteiger charge is -2.31. The molecule has 1 saturated heterocycles. The molecule has 0 saturated carbocycles. The lowest BCUT2D eigenvalue weighted by atomic mass is 9.99. The zero-order valence-corrected chi connectivity index (χ0v) is 20.5. The van der Waals surface area contributed by atoms with Crippen LogP contribution in [0.25, 0.3) is 33.3 Å². The van der Waals surface area contributed by atoms with Gasteiger partial charge in [-0.25, -0.2) is 17.2 Å². The minimum Gasteiger partial charge on any atom is -0.459 e. The van der Waals surface area contributed by atoms with Crippen LogP contribution in [0.1, 0.15) is 6.42 Å². The van der Waals surface area contributed by atoms with E-state index in [1.54, 1.807) is 36.4 Å². The molecule has 3 aromatic carbocycles. The molecular weight excluding hydrogens is 506 g/mol. The van der Waals surface area contributed by atoms with Crippen LogP contribution in [0, 0.1) is 11.6 Å². The highest BCUT2D eigenvalue weighted by molar-refractivity contribution is 7.90. The van der Waals surface area contributed by atoms with Crippen molar-refractivity contribution in [3.05, 3.63) is 66.2 Å². The van der Waals surface area contributed by atoms with Crippen LogP contribution in [0.15, 0.2) is 59.5 Å². The fraction of sp³-hybridized carbons (Fsp3) is 0.269. The van der Waals surface area contributed by atoms with Crippen LogP contribution in [-0.4, -0.2) is 66.4 Å². The number of aliphatic hydroxyl groups is 2. The molecule has 3 atom stereocenters. The Labute approximate surface area is 211 Å². The summed E-state index contributed by atoms with van der Waals surface area (Å²) in [5.74, 6) is -1.64. The van der Waals surface area contributed by atoms with E-state index < -0.39 is 39.8 Å². The summed E-state index contributed by atoms with van der Waals surface area (Å²) in [5.41, 5.74) is 1.58. The van der Waals surface area contributed by atoms with E-state index in [1.165, 1.54) is 12.1 Å². The molecule has 3 N–H and O–H groups in total. The number of aromatic amines is 1. The Kier molecular flexibility index (Phi) is 6.71. The highest BCUT2D eigenvalue weighted by Gasteiger charge is 2.31. The average molecular weight is 531 g/mol. The van der Waals surface area contributed by atoms with Gasteiger partial charge >= 0.3 is 0 Å². The van der Waals surface area contributed by atoms with Gasteiger partial charge in [0.15, 0.2) is 15.7 Å². The van der Waals surface area contributed by atoms with Crippen molar-refractivity contribution in [1.82, 2.24) is 9.97 Å². The Balaban J connectivity index is 1.39. The number of imidazole rings is 1. The minimum atomic E-state index is -3.31. The quantitative estimate of drug-likeness (QED) is 0.349. The number of hydrogen-bond acceptors (Lipinski definition) is 7. The molecule has 5 rings (SSSR count). The third kappa shape index (κ3) is 5.08. The number of nitrogens with zero attached hydrogens (tertiary/aromatic N) is 1. The van der Waals surface area contributed by atoms with Gasteiger partial charge in [-0.05, 0) is 28.8 Å². The summed E-state index contributed by atoms with van der Waals surface area (Å²) in [7, 11) is -3.31.